The molecule has 1 N–H and O–H groups in total. The van der Waals surface area contributed by atoms with Crippen LogP contribution in [0.15, 0.2) is 42.5 Å². The molecule has 0 bridgehead atoms. The van der Waals surface area contributed by atoms with Gasteiger partial charge in [0.1, 0.15) is 0 Å². The number of fused-ring (bicyclic) bond motifs is 1. The van der Waals surface area contributed by atoms with E-state index in [2.05, 4.69) is 11.4 Å². The standard InChI is InChI=1S/C22H25N3O4/c1-14-10-15-6-4-5-7-18(15)25(14)22(27)23-16-11-21(26)24(13-16)17-8-9-19(28-2)20(12-17)29-3/h4-9,12,14,16H,10-11,13H2,1-3H3,(H,23,27)/t14-,16-/m0/s1. The summed E-state index contributed by atoms with van der Waals surface area (Å²) in [5.41, 5.74) is 2.84. The Morgan fingerprint density at radius 1 is 1.07 bits per heavy atom. The van der Waals surface area contributed by atoms with Gasteiger partial charge in [0.2, 0.25) is 5.91 Å². The van der Waals surface area contributed by atoms with Crippen LogP contribution in [-0.2, 0) is 11.2 Å². The molecule has 4 rings (SSSR count). The predicted octanol–water partition coefficient (Wildman–Crippen LogP) is 2.97. The van der Waals surface area contributed by atoms with Crippen molar-refractivity contribution in [2.24, 2.45) is 0 Å². The molecule has 2 heterocycles. The number of hydrogen-bond donors (Lipinski definition) is 1. The summed E-state index contributed by atoms with van der Waals surface area (Å²) in [7, 11) is 3.13. The van der Waals surface area contributed by atoms with Crippen molar-refractivity contribution >= 4 is 23.3 Å². The average Bonchev–Trinajstić information content (AvgIpc) is 3.25. The first-order chi connectivity index (χ1) is 14.0. The number of hydrogen-bond acceptors (Lipinski definition) is 4. The van der Waals surface area contributed by atoms with Crippen LogP contribution < -0.4 is 24.6 Å². The zero-order valence-corrected chi connectivity index (χ0v) is 16.8. The number of carbonyl (C=O) groups is 2. The first kappa shape index (κ1) is 19.1. The summed E-state index contributed by atoms with van der Waals surface area (Å²) in [6.45, 7) is 2.46. The van der Waals surface area contributed by atoms with Crippen LogP contribution in [0.5, 0.6) is 11.5 Å². The first-order valence-corrected chi connectivity index (χ1v) is 9.72. The second-order valence-electron chi connectivity index (χ2n) is 7.45. The topological polar surface area (TPSA) is 71.1 Å². The number of nitrogens with one attached hydrogen (secondary N) is 1. The molecule has 2 aromatic carbocycles. The molecule has 7 heteroatoms. The van der Waals surface area contributed by atoms with Gasteiger partial charge >= 0.3 is 6.03 Å². The van der Waals surface area contributed by atoms with Crippen molar-refractivity contribution in [1.82, 2.24) is 5.32 Å². The Morgan fingerprint density at radius 3 is 2.59 bits per heavy atom. The van der Waals surface area contributed by atoms with Crippen LogP contribution >= 0.6 is 0 Å². The summed E-state index contributed by atoms with van der Waals surface area (Å²) >= 11 is 0. The molecule has 0 unspecified atom stereocenters. The fourth-order valence-electron chi connectivity index (χ4n) is 4.17. The van der Waals surface area contributed by atoms with E-state index in [9.17, 15) is 9.59 Å². The molecule has 0 aromatic heterocycles. The first-order valence-electron chi connectivity index (χ1n) is 9.72. The number of anilines is 2. The van der Waals surface area contributed by atoms with Crippen LogP contribution in [0.1, 0.15) is 18.9 Å². The number of nitrogens with zero attached hydrogens (tertiary/aromatic N) is 2. The lowest BCUT2D eigenvalue weighted by molar-refractivity contribution is -0.117. The van der Waals surface area contributed by atoms with Crippen LogP contribution in [0.4, 0.5) is 16.2 Å². The van der Waals surface area contributed by atoms with E-state index in [1.807, 2.05) is 31.2 Å². The average molecular weight is 395 g/mol. The molecule has 3 amide bonds. The zero-order chi connectivity index (χ0) is 20.5. The van der Waals surface area contributed by atoms with Gasteiger partial charge in [0.25, 0.3) is 0 Å². The molecule has 2 aromatic rings. The smallest absolute Gasteiger partial charge is 0.322 e. The highest BCUT2D eigenvalue weighted by atomic mass is 16.5. The second kappa shape index (κ2) is 7.66. The van der Waals surface area contributed by atoms with Gasteiger partial charge in [-0.05, 0) is 37.1 Å². The molecular weight excluding hydrogens is 370 g/mol. The molecule has 1 fully saturated rings. The molecule has 152 valence electrons. The normalized spacial score (nSPS) is 20.6. The van der Waals surface area contributed by atoms with E-state index in [1.54, 1.807) is 36.2 Å². The monoisotopic (exact) mass is 395 g/mol. The maximum atomic E-state index is 13.0. The molecule has 29 heavy (non-hydrogen) atoms. The van der Waals surface area contributed by atoms with Crippen LogP contribution in [0.2, 0.25) is 0 Å². The van der Waals surface area contributed by atoms with Gasteiger partial charge in [0.05, 0.1) is 20.3 Å². The van der Waals surface area contributed by atoms with Gasteiger partial charge in [0.15, 0.2) is 11.5 Å². The van der Waals surface area contributed by atoms with Crippen LogP contribution in [-0.4, -0.2) is 44.8 Å². The lowest BCUT2D eigenvalue weighted by Crippen LogP contribution is -2.48. The van der Waals surface area contributed by atoms with Gasteiger partial charge in [0, 0.05) is 36.4 Å². The number of ether oxygens (including phenoxy) is 2. The van der Waals surface area contributed by atoms with E-state index in [0.717, 1.165) is 17.8 Å². The Bertz CT molecular complexity index is 945. The van der Waals surface area contributed by atoms with Crippen molar-refractivity contribution in [2.45, 2.75) is 31.8 Å². The number of para-hydroxylation sites is 1. The van der Waals surface area contributed by atoms with Gasteiger partial charge < -0.3 is 19.7 Å². The Balaban J connectivity index is 1.47. The highest BCUT2D eigenvalue weighted by Gasteiger charge is 2.36. The maximum absolute atomic E-state index is 13.0. The van der Waals surface area contributed by atoms with Gasteiger partial charge in [-0.2, -0.15) is 0 Å². The number of carbonyl (C=O) groups excluding carboxylic acids is 2. The maximum Gasteiger partial charge on any atom is 0.322 e. The minimum absolute atomic E-state index is 0.0302. The summed E-state index contributed by atoms with van der Waals surface area (Å²) in [6, 6.07) is 13.0. The zero-order valence-electron chi connectivity index (χ0n) is 16.8. The van der Waals surface area contributed by atoms with Gasteiger partial charge in [-0.1, -0.05) is 18.2 Å². The minimum atomic E-state index is -0.247. The molecule has 0 radical (unpaired) electrons. The molecule has 0 aliphatic carbocycles. The minimum Gasteiger partial charge on any atom is -0.493 e. The molecule has 0 saturated carbocycles. The fourth-order valence-corrected chi connectivity index (χ4v) is 4.17. The van der Waals surface area contributed by atoms with Crippen molar-refractivity contribution in [3.05, 3.63) is 48.0 Å². The Hall–Kier alpha value is -3.22. The van der Waals surface area contributed by atoms with E-state index in [0.29, 0.717) is 18.0 Å². The third-order valence-electron chi connectivity index (χ3n) is 5.56. The van der Waals surface area contributed by atoms with Crippen molar-refractivity contribution in [1.29, 1.82) is 0 Å². The lowest BCUT2D eigenvalue weighted by atomic mass is 10.1. The van der Waals surface area contributed by atoms with E-state index < -0.39 is 0 Å². The molecular formula is C22H25N3O4. The van der Waals surface area contributed by atoms with Crippen molar-refractivity contribution in [3.63, 3.8) is 0 Å². The van der Waals surface area contributed by atoms with E-state index >= 15 is 0 Å². The third kappa shape index (κ3) is 3.48. The highest BCUT2D eigenvalue weighted by Crippen LogP contribution is 2.34. The predicted molar refractivity (Wildman–Crippen MR) is 111 cm³/mol. The SMILES string of the molecule is COc1ccc(N2C[C@@H](NC(=O)N3c4ccccc4C[C@@H]3C)CC2=O)cc1OC. The molecule has 7 nitrogen and oxygen atoms in total. The number of urea groups is 1. The van der Waals surface area contributed by atoms with Gasteiger partial charge in [-0.15, -0.1) is 0 Å². The summed E-state index contributed by atoms with van der Waals surface area (Å²) in [6.07, 6.45) is 1.11. The number of benzene rings is 2. The molecule has 2 aliphatic rings. The summed E-state index contributed by atoms with van der Waals surface area (Å²) in [4.78, 5) is 29.0. The lowest BCUT2D eigenvalue weighted by Gasteiger charge is -2.25. The molecule has 1 saturated heterocycles. The largest absolute Gasteiger partial charge is 0.493 e. The van der Waals surface area contributed by atoms with Crippen LogP contribution in [0.3, 0.4) is 0 Å². The highest BCUT2D eigenvalue weighted by molar-refractivity contribution is 5.99. The fraction of sp³-hybridized carbons (Fsp3) is 0.364. The van der Waals surface area contributed by atoms with Crippen molar-refractivity contribution < 1.29 is 19.1 Å². The summed E-state index contributed by atoms with van der Waals surface area (Å²) in [5.74, 6) is 1.14. The molecule has 2 aliphatic heterocycles. The Kier molecular flexibility index (Phi) is 5.05. The Labute approximate surface area is 170 Å². The van der Waals surface area contributed by atoms with Gasteiger partial charge in [-0.25, -0.2) is 4.79 Å². The number of amides is 3. The third-order valence-corrected chi connectivity index (χ3v) is 5.56. The summed E-state index contributed by atoms with van der Waals surface area (Å²) in [5, 5.41) is 3.04. The quantitative estimate of drug-likeness (QED) is 0.864. The van der Waals surface area contributed by atoms with Gasteiger partial charge in [-0.3, -0.25) is 9.69 Å². The van der Waals surface area contributed by atoms with Crippen LogP contribution in [0, 0.1) is 0 Å². The van der Waals surface area contributed by atoms with Crippen molar-refractivity contribution in [2.75, 3.05) is 30.6 Å². The molecule has 0 spiro atoms. The van der Waals surface area contributed by atoms with E-state index in [-0.39, 0.29) is 30.4 Å². The van der Waals surface area contributed by atoms with E-state index in [1.165, 1.54) is 5.56 Å². The van der Waals surface area contributed by atoms with Crippen LogP contribution in [0.25, 0.3) is 0 Å². The summed E-state index contributed by atoms with van der Waals surface area (Å²) < 4.78 is 10.6. The van der Waals surface area contributed by atoms with E-state index in [4.69, 9.17) is 9.47 Å². The second-order valence-corrected chi connectivity index (χ2v) is 7.45. The number of methoxy groups -OCH3 is 2. The Morgan fingerprint density at radius 2 is 1.83 bits per heavy atom. The van der Waals surface area contributed by atoms with Crippen molar-refractivity contribution in [3.8, 4) is 11.5 Å². The number of rotatable bonds is 4. The molecule has 2 atom stereocenters.